The Morgan fingerprint density at radius 3 is 2.46 bits per heavy atom. The SMILES string of the molecule is CC(=O)[C@@]1(O)CC[C@H]2[C@@H]3CCC4=C/C(=N/OCC(=O)N[C@@H](CC(C)C)C(=O)O)CC[C@]4(C)[C@H]3CC[C@@]21C. The summed E-state index contributed by atoms with van der Waals surface area (Å²) in [5.41, 5.74) is 0.765. The van der Waals surface area contributed by atoms with E-state index in [1.165, 1.54) is 5.57 Å². The van der Waals surface area contributed by atoms with Gasteiger partial charge in [-0.3, -0.25) is 9.59 Å². The van der Waals surface area contributed by atoms with Gasteiger partial charge in [0, 0.05) is 5.41 Å². The second-order valence-corrected chi connectivity index (χ2v) is 12.9. The van der Waals surface area contributed by atoms with E-state index in [0.717, 1.165) is 50.7 Å². The number of carbonyl (C=O) groups excluding carboxylic acids is 2. The summed E-state index contributed by atoms with van der Waals surface area (Å²) in [6, 6.07) is -0.930. The molecule has 1 amide bonds. The lowest BCUT2D eigenvalue weighted by Gasteiger charge is -2.59. The van der Waals surface area contributed by atoms with Gasteiger partial charge in [0.25, 0.3) is 5.91 Å². The van der Waals surface area contributed by atoms with Gasteiger partial charge in [0.15, 0.2) is 12.4 Å². The van der Waals surface area contributed by atoms with Crippen molar-refractivity contribution in [1.82, 2.24) is 5.32 Å². The van der Waals surface area contributed by atoms with Crippen molar-refractivity contribution in [2.45, 2.75) is 104 Å². The van der Waals surface area contributed by atoms with E-state index in [4.69, 9.17) is 4.84 Å². The van der Waals surface area contributed by atoms with Crippen molar-refractivity contribution in [1.29, 1.82) is 0 Å². The van der Waals surface area contributed by atoms with Crippen LogP contribution in [0.4, 0.5) is 0 Å². The maximum atomic E-state index is 12.4. The number of nitrogens with zero attached hydrogens (tertiary/aromatic N) is 1. The molecule has 4 aliphatic rings. The van der Waals surface area contributed by atoms with Gasteiger partial charge >= 0.3 is 5.97 Å². The number of rotatable bonds is 8. The molecule has 0 heterocycles. The molecule has 8 heteroatoms. The highest BCUT2D eigenvalue weighted by Crippen LogP contribution is 2.67. The maximum Gasteiger partial charge on any atom is 0.326 e. The molecule has 0 aliphatic heterocycles. The quantitative estimate of drug-likeness (QED) is 0.414. The summed E-state index contributed by atoms with van der Waals surface area (Å²) in [5, 5.41) is 27.4. The van der Waals surface area contributed by atoms with Crippen LogP contribution in [0.1, 0.15) is 92.4 Å². The number of oxime groups is 1. The van der Waals surface area contributed by atoms with Crippen LogP contribution in [-0.2, 0) is 19.2 Å². The predicted octanol–water partition coefficient (Wildman–Crippen LogP) is 4.26. The van der Waals surface area contributed by atoms with Crippen molar-refractivity contribution >= 4 is 23.4 Å². The fraction of sp³-hybridized carbons (Fsp3) is 0.793. The molecule has 3 saturated carbocycles. The Labute approximate surface area is 220 Å². The molecular weight excluding hydrogens is 472 g/mol. The van der Waals surface area contributed by atoms with Crippen LogP contribution in [0, 0.1) is 34.5 Å². The number of hydrogen-bond donors (Lipinski definition) is 3. The minimum Gasteiger partial charge on any atom is -0.480 e. The average Bonchev–Trinajstić information content (AvgIpc) is 3.10. The zero-order valence-electron chi connectivity index (χ0n) is 23.0. The second-order valence-electron chi connectivity index (χ2n) is 12.9. The molecule has 0 spiro atoms. The number of Topliss-reactive ketones (excluding diaryl/α,β-unsaturated/α-hetero) is 1. The molecule has 7 atom stereocenters. The highest BCUT2D eigenvalue weighted by molar-refractivity contribution is 5.96. The van der Waals surface area contributed by atoms with Gasteiger partial charge in [-0.25, -0.2) is 4.79 Å². The highest BCUT2D eigenvalue weighted by atomic mass is 16.6. The van der Waals surface area contributed by atoms with Gasteiger partial charge in [-0.15, -0.1) is 0 Å². The Morgan fingerprint density at radius 2 is 1.81 bits per heavy atom. The number of aliphatic carboxylic acids is 1. The molecule has 0 bridgehead atoms. The summed E-state index contributed by atoms with van der Waals surface area (Å²) >= 11 is 0. The Balaban J connectivity index is 1.40. The number of carbonyl (C=O) groups is 3. The topological polar surface area (TPSA) is 125 Å². The van der Waals surface area contributed by atoms with Crippen molar-refractivity contribution in [3.63, 3.8) is 0 Å². The van der Waals surface area contributed by atoms with Gasteiger partial charge in [-0.1, -0.05) is 38.4 Å². The average molecular weight is 517 g/mol. The zero-order valence-corrected chi connectivity index (χ0v) is 23.0. The van der Waals surface area contributed by atoms with Crippen LogP contribution >= 0.6 is 0 Å². The first-order valence-electron chi connectivity index (χ1n) is 14.0. The van der Waals surface area contributed by atoms with Gasteiger partial charge in [-0.2, -0.15) is 0 Å². The Morgan fingerprint density at radius 1 is 1.11 bits per heavy atom. The first-order chi connectivity index (χ1) is 17.3. The van der Waals surface area contributed by atoms with Gasteiger partial charge in [0.05, 0.1) is 5.71 Å². The normalized spacial score (nSPS) is 38.7. The molecule has 3 fully saturated rings. The van der Waals surface area contributed by atoms with E-state index in [2.05, 4.69) is 30.4 Å². The molecule has 206 valence electrons. The molecule has 0 unspecified atom stereocenters. The lowest BCUT2D eigenvalue weighted by atomic mass is 9.46. The monoisotopic (exact) mass is 516 g/mol. The van der Waals surface area contributed by atoms with Crippen molar-refractivity contribution in [2.24, 2.45) is 39.7 Å². The summed E-state index contributed by atoms with van der Waals surface area (Å²) in [6.45, 7) is 9.58. The number of ketones is 1. The van der Waals surface area contributed by atoms with Gasteiger partial charge in [0.2, 0.25) is 0 Å². The van der Waals surface area contributed by atoms with Crippen LogP contribution in [0.5, 0.6) is 0 Å². The van der Waals surface area contributed by atoms with E-state index in [-0.39, 0.29) is 29.1 Å². The molecule has 0 aromatic rings. The summed E-state index contributed by atoms with van der Waals surface area (Å²) in [4.78, 5) is 41.3. The number of fused-ring (bicyclic) bond motifs is 5. The van der Waals surface area contributed by atoms with Crippen molar-refractivity contribution in [3.8, 4) is 0 Å². The van der Waals surface area contributed by atoms with Crippen LogP contribution in [-0.4, -0.2) is 51.8 Å². The van der Waals surface area contributed by atoms with Crippen LogP contribution in [0.3, 0.4) is 0 Å². The Hall–Kier alpha value is -2.22. The number of amides is 1. The maximum absolute atomic E-state index is 12.4. The largest absolute Gasteiger partial charge is 0.480 e. The number of allylic oxidation sites excluding steroid dienone is 2. The van der Waals surface area contributed by atoms with Crippen molar-refractivity contribution in [2.75, 3.05) is 6.61 Å². The van der Waals surface area contributed by atoms with Crippen LogP contribution < -0.4 is 5.32 Å². The number of carboxylic acid groups (broad SMARTS) is 1. The van der Waals surface area contributed by atoms with E-state index < -0.39 is 23.5 Å². The fourth-order valence-electron chi connectivity index (χ4n) is 8.34. The molecule has 0 aromatic carbocycles. The van der Waals surface area contributed by atoms with Crippen molar-refractivity contribution in [3.05, 3.63) is 11.6 Å². The van der Waals surface area contributed by atoms with Gasteiger partial charge in [0.1, 0.15) is 11.6 Å². The number of hydrogen-bond acceptors (Lipinski definition) is 6. The lowest BCUT2D eigenvalue weighted by molar-refractivity contribution is -0.159. The minimum absolute atomic E-state index is 0.0725. The highest BCUT2D eigenvalue weighted by Gasteiger charge is 2.65. The number of nitrogens with one attached hydrogen (secondary N) is 1. The van der Waals surface area contributed by atoms with Gasteiger partial charge in [-0.05, 0) is 99.9 Å². The third kappa shape index (κ3) is 4.86. The first kappa shape index (κ1) is 27.8. The number of aliphatic hydroxyl groups is 1. The standard InChI is InChI=1S/C29H44N2O6/c1-17(2)14-24(26(34)35)30-25(33)16-37-31-20-8-11-27(4)19(15-20)6-7-21-22(27)9-12-28(5)23(21)10-13-29(28,36)18(3)32/h15,17,21-24,36H,6-14,16H2,1-5H3,(H,30,33)(H,34,35)/b31-20+/t21-,22+,23+,24+,27+,28+,29+/m1/s1. The van der Waals surface area contributed by atoms with E-state index in [1.54, 1.807) is 6.92 Å². The predicted molar refractivity (Wildman–Crippen MR) is 140 cm³/mol. The van der Waals surface area contributed by atoms with Crippen LogP contribution in [0.25, 0.3) is 0 Å². The molecule has 0 radical (unpaired) electrons. The molecular formula is C29H44N2O6. The minimum atomic E-state index is -1.19. The lowest BCUT2D eigenvalue weighted by Crippen LogP contribution is -2.57. The Bertz CT molecular complexity index is 1000. The molecule has 0 aromatic heterocycles. The Kier molecular flexibility index (Phi) is 7.63. The first-order valence-corrected chi connectivity index (χ1v) is 14.0. The summed E-state index contributed by atoms with van der Waals surface area (Å²) < 4.78 is 0. The summed E-state index contributed by atoms with van der Waals surface area (Å²) in [7, 11) is 0. The molecule has 0 saturated heterocycles. The molecule has 3 N–H and O–H groups in total. The fourth-order valence-corrected chi connectivity index (χ4v) is 8.34. The third-order valence-electron chi connectivity index (χ3n) is 10.4. The van der Waals surface area contributed by atoms with E-state index >= 15 is 0 Å². The van der Waals surface area contributed by atoms with E-state index in [0.29, 0.717) is 30.6 Å². The zero-order chi connectivity index (χ0) is 27.2. The second kappa shape index (κ2) is 10.2. The summed E-state index contributed by atoms with van der Waals surface area (Å²) in [5.74, 6) is -0.0502. The van der Waals surface area contributed by atoms with Gasteiger partial charge < -0.3 is 20.4 Å². The number of carboxylic acids is 1. The van der Waals surface area contributed by atoms with Crippen LogP contribution in [0.2, 0.25) is 0 Å². The molecule has 37 heavy (non-hydrogen) atoms. The third-order valence-corrected chi connectivity index (χ3v) is 10.4. The smallest absolute Gasteiger partial charge is 0.326 e. The molecule has 4 rings (SSSR count). The van der Waals surface area contributed by atoms with Crippen molar-refractivity contribution < 1.29 is 29.4 Å². The summed E-state index contributed by atoms with van der Waals surface area (Å²) in [6.07, 6.45) is 9.66. The molecule has 4 aliphatic carbocycles. The molecule has 8 nitrogen and oxygen atoms in total. The van der Waals surface area contributed by atoms with E-state index in [1.807, 2.05) is 13.8 Å². The van der Waals surface area contributed by atoms with Crippen LogP contribution in [0.15, 0.2) is 16.8 Å². The van der Waals surface area contributed by atoms with E-state index in [9.17, 15) is 24.6 Å².